The second kappa shape index (κ2) is 6.62. The highest BCUT2D eigenvalue weighted by molar-refractivity contribution is 5.60. The largest absolute Gasteiger partial charge is 0.369 e. The molecule has 0 amide bonds. The topological polar surface area (TPSA) is 6.48 Å². The van der Waals surface area contributed by atoms with Crippen LogP contribution in [0.15, 0.2) is 18.2 Å². The summed E-state index contributed by atoms with van der Waals surface area (Å²) in [5, 5.41) is 0. The smallest absolute Gasteiger partial charge is 0.0404 e. The number of fused-ring (bicyclic) bond motifs is 1. The molecule has 2 heterocycles. The van der Waals surface area contributed by atoms with Crippen LogP contribution in [0, 0.1) is 0 Å². The maximum atomic E-state index is 2.65. The molecule has 0 bridgehead atoms. The van der Waals surface area contributed by atoms with Crippen LogP contribution in [0.5, 0.6) is 0 Å². The highest BCUT2D eigenvalue weighted by atomic mass is 15.2. The summed E-state index contributed by atoms with van der Waals surface area (Å²) in [4.78, 5) is 5.23. The molecule has 1 saturated heterocycles. The monoisotopic (exact) mass is 300 g/mol. The second-order valence-corrected chi connectivity index (χ2v) is 7.68. The SMILES string of the molecule is CC(C)N1CCCC(c2ccc3c(c2)N(C(C)C)CC3)CC1. The van der Waals surface area contributed by atoms with E-state index in [0.29, 0.717) is 12.1 Å². The van der Waals surface area contributed by atoms with Crippen LogP contribution in [0.2, 0.25) is 0 Å². The molecule has 1 fully saturated rings. The summed E-state index contributed by atoms with van der Waals surface area (Å²) >= 11 is 0. The van der Waals surface area contributed by atoms with Gasteiger partial charge in [0.25, 0.3) is 0 Å². The van der Waals surface area contributed by atoms with Crippen LogP contribution in [0.4, 0.5) is 5.69 Å². The predicted octanol–water partition coefficient (Wildman–Crippen LogP) is 4.44. The van der Waals surface area contributed by atoms with Crippen LogP contribution in [0.1, 0.15) is 64.0 Å². The van der Waals surface area contributed by atoms with E-state index >= 15 is 0 Å². The van der Waals surface area contributed by atoms with Gasteiger partial charge in [-0.25, -0.2) is 0 Å². The van der Waals surface area contributed by atoms with Crippen LogP contribution in [0.3, 0.4) is 0 Å². The Hall–Kier alpha value is -1.02. The summed E-state index contributed by atoms with van der Waals surface area (Å²) in [5.74, 6) is 0.753. The minimum Gasteiger partial charge on any atom is -0.369 e. The van der Waals surface area contributed by atoms with Crippen molar-refractivity contribution >= 4 is 5.69 Å². The highest BCUT2D eigenvalue weighted by Crippen LogP contribution is 2.36. The molecule has 0 radical (unpaired) electrons. The maximum Gasteiger partial charge on any atom is 0.0404 e. The average Bonchev–Trinajstić information content (AvgIpc) is 2.75. The minimum atomic E-state index is 0.613. The van der Waals surface area contributed by atoms with Gasteiger partial charge in [0.1, 0.15) is 0 Å². The van der Waals surface area contributed by atoms with Crippen LogP contribution in [-0.2, 0) is 6.42 Å². The van der Waals surface area contributed by atoms with Crippen molar-refractivity contribution in [1.82, 2.24) is 4.90 Å². The number of anilines is 1. The molecule has 2 heteroatoms. The maximum absolute atomic E-state index is 2.65. The van der Waals surface area contributed by atoms with Crippen molar-refractivity contribution in [2.45, 2.75) is 71.4 Å². The summed E-state index contributed by atoms with van der Waals surface area (Å²) in [5.41, 5.74) is 4.64. The molecule has 1 unspecified atom stereocenters. The number of likely N-dealkylation sites (tertiary alicyclic amines) is 1. The molecule has 1 aromatic rings. The van der Waals surface area contributed by atoms with Crippen molar-refractivity contribution in [2.24, 2.45) is 0 Å². The first-order valence-corrected chi connectivity index (χ1v) is 9.19. The van der Waals surface area contributed by atoms with Gasteiger partial charge in [-0.2, -0.15) is 0 Å². The number of hydrogen-bond donors (Lipinski definition) is 0. The molecule has 122 valence electrons. The Morgan fingerprint density at radius 3 is 2.50 bits per heavy atom. The van der Waals surface area contributed by atoms with Gasteiger partial charge in [-0.15, -0.1) is 0 Å². The molecule has 22 heavy (non-hydrogen) atoms. The molecule has 2 nitrogen and oxygen atoms in total. The normalized spacial score (nSPS) is 23.2. The van der Waals surface area contributed by atoms with Crippen molar-refractivity contribution < 1.29 is 0 Å². The fraction of sp³-hybridized carbons (Fsp3) is 0.700. The van der Waals surface area contributed by atoms with E-state index in [4.69, 9.17) is 0 Å². The lowest BCUT2D eigenvalue weighted by Crippen LogP contribution is -2.31. The van der Waals surface area contributed by atoms with E-state index in [0.717, 1.165) is 5.92 Å². The molecule has 3 rings (SSSR count). The van der Waals surface area contributed by atoms with Gasteiger partial charge in [0, 0.05) is 24.3 Å². The Morgan fingerprint density at radius 2 is 1.77 bits per heavy atom. The van der Waals surface area contributed by atoms with Crippen LogP contribution >= 0.6 is 0 Å². The Balaban J connectivity index is 1.77. The van der Waals surface area contributed by atoms with E-state index in [1.807, 2.05) is 0 Å². The summed E-state index contributed by atoms with van der Waals surface area (Å²) in [6.45, 7) is 13.0. The van der Waals surface area contributed by atoms with Gasteiger partial charge in [0.05, 0.1) is 0 Å². The minimum absolute atomic E-state index is 0.613. The first-order valence-electron chi connectivity index (χ1n) is 9.19. The zero-order valence-electron chi connectivity index (χ0n) is 14.8. The third kappa shape index (κ3) is 3.17. The fourth-order valence-corrected chi connectivity index (χ4v) is 4.18. The van der Waals surface area contributed by atoms with Gasteiger partial charge >= 0.3 is 0 Å². The molecule has 1 atom stereocenters. The van der Waals surface area contributed by atoms with Gasteiger partial charge in [-0.3, -0.25) is 0 Å². The average molecular weight is 300 g/mol. The summed E-state index contributed by atoms with van der Waals surface area (Å²) in [7, 11) is 0. The first-order chi connectivity index (χ1) is 10.6. The van der Waals surface area contributed by atoms with Crippen molar-refractivity contribution in [1.29, 1.82) is 0 Å². The molecule has 0 aromatic heterocycles. The molecule has 0 saturated carbocycles. The molecule has 0 N–H and O–H groups in total. The number of nitrogens with zero attached hydrogens (tertiary/aromatic N) is 2. The molecular weight excluding hydrogens is 268 g/mol. The summed E-state index contributed by atoms with van der Waals surface area (Å²) in [6, 6.07) is 8.63. The Labute approximate surface area is 136 Å². The van der Waals surface area contributed by atoms with Gasteiger partial charge in [-0.05, 0) is 89.6 Å². The lowest BCUT2D eigenvalue weighted by molar-refractivity contribution is 0.230. The Morgan fingerprint density at radius 1 is 0.955 bits per heavy atom. The summed E-state index contributed by atoms with van der Waals surface area (Å²) in [6.07, 6.45) is 5.23. The Bertz CT molecular complexity index is 506. The van der Waals surface area contributed by atoms with E-state index in [2.05, 4.69) is 55.7 Å². The second-order valence-electron chi connectivity index (χ2n) is 7.68. The molecular formula is C20H32N2. The quantitative estimate of drug-likeness (QED) is 0.814. The third-order valence-corrected chi connectivity index (χ3v) is 5.63. The molecule has 1 aromatic carbocycles. The van der Waals surface area contributed by atoms with E-state index < -0.39 is 0 Å². The Kier molecular flexibility index (Phi) is 4.77. The number of rotatable bonds is 3. The lowest BCUT2D eigenvalue weighted by Gasteiger charge is -2.26. The van der Waals surface area contributed by atoms with Gasteiger partial charge in [0.15, 0.2) is 0 Å². The van der Waals surface area contributed by atoms with E-state index in [1.54, 1.807) is 11.1 Å². The van der Waals surface area contributed by atoms with Crippen molar-refractivity contribution in [3.05, 3.63) is 29.3 Å². The number of benzene rings is 1. The van der Waals surface area contributed by atoms with Gasteiger partial charge < -0.3 is 9.80 Å². The first kappa shape index (κ1) is 15.9. The molecule has 2 aliphatic heterocycles. The lowest BCUT2D eigenvalue weighted by atomic mass is 9.91. The standard InChI is InChI=1S/C20H32N2/c1-15(2)21-11-5-6-17(9-12-21)19-8-7-18-10-13-22(16(3)4)20(18)14-19/h7-8,14-17H,5-6,9-13H2,1-4H3. The zero-order chi connectivity index (χ0) is 15.7. The molecule has 2 aliphatic rings. The third-order valence-electron chi connectivity index (χ3n) is 5.63. The van der Waals surface area contributed by atoms with E-state index in [9.17, 15) is 0 Å². The van der Waals surface area contributed by atoms with E-state index in [-0.39, 0.29) is 0 Å². The van der Waals surface area contributed by atoms with E-state index in [1.165, 1.54) is 51.0 Å². The fourth-order valence-electron chi connectivity index (χ4n) is 4.18. The van der Waals surface area contributed by atoms with Crippen LogP contribution < -0.4 is 4.90 Å². The van der Waals surface area contributed by atoms with Crippen molar-refractivity contribution in [2.75, 3.05) is 24.5 Å². The van der Waals surface area contributed by atoms with Crippen LogP contribution in [-0.4, -0.2) is 36.6 Å². The van der Waals surface area contributed by atoms with Crippen molar-refractivity contribution in [3.63, 3.8) is 0 Å². The highest BCUT2D eigenvalue weighted by Gasteiger charge is 2.24. The predicted molar refractivity (Wildman–Crippen MR) is 95.9 cm³/mol. The number of hydrogen-bond acceptors (Lipinski definition) is 2. The summed E-state index contributed by atoms with van der Waals surface area (Å²) < 4.78 is 0. The van der Waals surface area contributed by atoms with Gasteiger partial charge in [0.2, 0.25) is 0 Å². The molecule has 0 aliphatic carbocycles. The van der Waals surface area contributed by atoms with Crippen molar-refractivity contribution in [3.8, 4) is 0 Å². The zero-order valence-corrected chi connectivity index (χ0v) is 14.8. The van der Waals surface area contributed by atoms with Gasteiger partial charge in [-0.1, -0.05) is 12.1 Å². The molecule has 0 spiro atoms. The van der Waals surface area contributed by atoms with Crippen LogP contribution in [0.25, 0.3) is 0 Å².